The Bertz CT molecular complexity index is 1600. The second-order valence-electron chi connectivity index (χ2n) is 12.0. The number of anilines is 6. The summed E-state index contributed by atoms with van der Waals surface area (Å²) >= 11 is 1.58. The first kappa shape index (κ1) is 25.8. The summed E-state index contributed by atoms with van der Waals surface area (Å²) in [5.74, 6) is 1.82. The quantitative estimate of drug-likeness (QED) is 0.164. The second kappa shape index (κ2) is 9.22. The minimum atomic E-state index is -0.133. The fourth-order valence-corrected chi connectivity index (χ4v) is 7.15. The highest BCUT2D eigenvalue weighted by Gasteiger charge is 2.40. The maximum absolute atomic E-state index is 5.21. The van der Waals surface area contributed by atoms with E-state index in [0.717, 1.165) is 45.1 Å². The van der Waals surface area contributed by atoms with Gasteiger partial charge in [0.2, 0.25) is 0 Å². The highest BCUT2D eigenvalue weighted by atomic mass is 32.2. The molecule has 2 aliphatic heterocycles. The van der Waals surface area contributed by atoms with Crippen LogP contribution >= 0.6 is 11.8 Å². The average Bonchev–Trinajstić information content (AvgIpc) is 2.99. The Kier molecular flexibility index (Phi) is 5.81. The largest absolute Gasteiger partial charge is 0.294 e. The number of hydrogen-bond acceptors (Lipinski definition) is 5. The highest BCUT2D eigenvalue weighted by Crippen LogP contribution is 2.55. The first-order valence-corrected chi connectivity index (χ1v) is 15.4. The molecule has 4 nitrogen and oxygen atoms in total. The second-order valence-corrected chi connectivity index (χ2v) is 12.7. The van der Waals surface area contributed by atoms with Crippen LogP contribution in [0.1, 0.15) is 55.5 Å². The van der Waals surface area contributed by atoms with Crippen LogP contribution in [0, 0.1) is 6.92 Å². The van der Waals surface area contributed by atoms with E-state index in [0.29, 0.717) is 0 Å². The molecule has 0 aliphatic carbocycles. The third kappa shape index (κ3) is 3.68. The summed E-state index contributed by atoms with van der Waals surface area (Å²) in [5, 5.41) is 0.750. The van der Waals surface area contributed by atoms with Gasteiger partial charge in [-0.2, -0.15) is 0 Å². The van der Waals surface area contributed by atoms with Crippen LogP contribution in [0.5, 0.6) is 0 Å². The van der Waals surface area contributed by atoms with Gasteiger partial charge in [0.25, 0.3) is 0 Å². The molecule has 5 aromatic rings. The number of para-hydroxylation sites is 4. The molecule has 0 amide bonds. The summed E-state index contributed by atoms with van der Waals surface area (Å²) in [6.07, 6.45) is 2.06. The normalized spacial score (nSPS) is 16.0. The Balaban J connectivity index is 1.53. The predicted octanol–water partition coefficient (Wildman–Crippen LogP) is 9.73. The molecule has 0 unspecified atom stereocenters. The van der Waals surface area contributed by atoms with Crippen LogP contribution in [-0.4, -0.2) is 16.2 Å². The molecule has 7 rings (SSSR count). The fraction of sp³-hybridized carbons (Fsp3) is 0.222. The number of aromatic nitrogens is 2. The zero-order valence-corrected chi connectivity index (χ0v) is 25.3. The van der Waals surface area contributed by atoms with Crippen LogP contribution in [-0.2, 0) is 10.8 Å². The van der Waals surface area contributed by atoms with Crippen LogP contribution in [0.15, 0.2) is 102 Å². The molecule has 0 N–H and O–H groups in total. The monoisotopic (exact) mass is 554 g/mol. The van der Waals surface area contributed by atoms with E-state index < -0.39 is 0 Å². The van der Waals surface area contributed by atoms with E-state index >= 15 is 0 Å². The molecule has 0 atom stereocenters. The number of fused-ring (bicyclic) bond motifs is 4. The summed E-state index contributed by atoms with van der Waals surface area (Å²) in [6.45, 7) is 11.4. The Hall–Kier alpha value is -4.09. The molecule has 0 saturated heterocycles. The molecule has 41 heavy (non-hydrogen) atoms. The zero-order chi connectivity index (χ0) is 28.5. The first-order chi connectivity index (χ1) is 19.7. The molecule has 204 valence electrons. The summed E-state index contributed by atoms with van der Waals surface area (Å²) in [6, 6.07) is 35.0. The van der Waals surface area contributed by atoms with Crippen LogP contribution in [0.2, 0.25) is 0 Å². The smallest absolute Gasteiger partial charge is 0.191 e. The van der Waals surface area contributed by atoms with Crippen molar-refractivity contribution in [3.05, 3.63) is 125 Å². The van der Waals surface area contributed by atoms with Gasteiger partial charge in [0.15, 0.2) is 5.16 Å². The van der Waals surface area contributed by atoms with E-state index in [1.54, 1.807) is 11.8 Å². The van der Waals surface area contributed by atoms with Gasteiger partial charge >= 0.3 is 0 Å². The molecule has 0 bridgehead atoms. The number of nitrogens with zero attached hydrogens (tertiary/aromatic N) is 4. The molecular weight excluding hydrogens is 520 g/mol. The lowest BCUT2D eigenvalue weighted by molar-refractivity contribution is 0.629. The van der Waals surface area contributed by atoms with E-state index in [9.17, 15) is 0 Å². The topological polar surface area (TPSA) is 32.3 Å². The number of benzene rings is 4. The van der Waals surface area contributed by atoms with E-state index in [4.69, 9.17) is 9.97 Å². The SMILES string of the molecule is CSc1nc(N2c3ccccc3C(C)(C)c3ccccc32)c(C)c(N2c3ccccc3C(C)(C)c3ccccc32)n1. The van der Waals surface area contributed by atoms with Crippen LogP contribution in [0.3, 0.4) is 0 Å². The van der Waals surface area contributed by atoms with Gasteiger partial charge in [-0.1, -0.05) is 112 Å². The van der Waals surface area contributed by atoms with Crippen molar-refractivity contribution < 1.29 is 0 Å². The molecule has 1 aromatic heterocycles. The van der Waals surface area contributed by atoms with Gasteiger partial charge in [0, 0.05) is 16.4 Å². The average molecular weight is 555 g/mol. The van der Waals surface area contributed by atoms with Crippen molar-refractivity contribution in [3.63, 3.8) is 0 Å². The van der Waals surface area contributed by atoms with Crippen molar-refractivity contribution in [2.75, 3.05) is 16.1 Å². The Morgan fingerprint density at radius 2 is 0.805 bits per heavy atom. The van der Waals surface area contributed by atoms with E-state index in [2.05, 4.69) is 148 Å². The Labute approximate surface area is 247 Å². The first-order valence-electron chi connectivity index (χ1n) is 14.2. The van der Waals surface area contributed by atoms with Gasteiger partial charge < -0.3 is 0 Å². The summed E-state index contributed by atoms with van der Waals surface area (Å²) < 4.78 is 0. The molecule has 0 saturated carbocycles. The minimum absolute atomic E-state index is 0.133. The van der Waals surface area contributed by atoms with Gasteiger partial charge in [-0.15, -0.1) is 0 Å². The molecule has 0 radical (unpaired) electrons. The molecular formula is C36H34N4S. The van der Waals surface area contributed by atoms with E-state index in [1.165, 1.54) is 22.3 Å². The van der Waals surface area contributed by atoms with Crippen molar-refractivity contribution in [2.45, 2.75) is 50.6 Å². The molecule has 0 fully saturated rings. The van der Waals surface area contributed by atoms with Gasteiger partial charge in [0.1, 0.15) is 11.6 Å². The third-order valence-corrected chi connectivity index (χ3v) is 9.50. The van der Waals surface area contributed by atoms with Gasteiger partial charge in [-0.05, 0) is 59.7 Å². The molecule has 5 heteroatoms. The van der Waals surface area contributed by atoms with Crippen LogP contribution in [0.25, 0.3) is 0 Å². The van der Waals surface area contributed by atoms with Crippen molar-refractivity contribution >= 4 is 46.1 Å². The van der Waals surface area contributed by atoms with Gasteiger partial charge in [0.05, 0.1) is 22.7 Å². The lowest BCUT2D eigenvalue weighted by Gasteiger charge is -2.43. The van der Waals surface area contributed by atoms with Crippen LogP contribution < -0.4 is 9.80 Å². The van der Waals surface area contributed by atoms with E-state index in [-0.39, 0.29) is 10.8 Å². The standard InChI is InChI=1S/C36H34N4S/c1-23-32(39-28-19-11-7-15-24(28)35(2,3)25-16-8-12-20-29(25)39)37-34(41-6)38-33(23)40-30-21-13-9-17-26(30)36(4,5)27-18-10-14-22-31(27)40/h7-22H,1-6H3. The summed E-state index contributed by atoms with van der Waals surface area (Å²) in [4.78, 5) is 15.1. The van der Waals surface area contributed by atoms with Crippen LogP contribution in [0.4, 0.5) is 34.4 Å². The zero-order valence-electron chi connectivity index (χ0n) is 24.4. The molecule has 0 spiro atoms. The summed E-state index contributed by atoms with van der Waals surface area (Å²) in [5.41, 5.74) is 10.6. The van der Waals surface area contributed by atoms with Crippen molar-refractivity contribution in [1.29, 1.82) is 0 Å². The fourth-order valence-electron chi connectivity index (χ4n) is 6.80. The number of thioether (sulfide) groups is 1. The van der Waals surface area contributed by atoms with E-state index in [1.807, 2.05) is 0 Å². The van der Waals surface area contributed by atoms with Crippen molar-refractivity contribution in [1.82, 2.24) is 9.97 Å². The number of rotatable bonds is 3. The van der Waals surface area contributed by atoms with Crippen molar-refractivity contribution in [3.8, 4) is 0 Å². The molecule has 2 aliphatic rings. The lowest BCUT2D eigenvalue weighted by Crippen LogP contribution is -2.33. The maximum Gasteiger partial charge on any atom is 0.191 e. The van der Waals surface area contributed by atoms with Crippen molar-refractivity contribution in [2.24, 2.45) is 0 Å². The molecule has 4 aromatic carbocycles. The lowest BCUT2D eigenvalue weighted by atomic mass is 9.73. The summed E-state index contributed by atoms with van der Waals surface area (Å²) in [7, 11) is 0. The van der Waals surface area contributed by atoms with Gasteiger partial charge in [-0.3, -0.25) is 9.80 Å². The minimum Gasteiger partial charge on any atom is -0.294 e. The Morgan fingerprint density at radius 1 is 0.512 bits per heavy atom. The number of hydrogen-bond donors (Lipinski definition) is 0. The molecule has 3 heterocycles. The predicted molar refractivity (Wildman–Crippen MR) is 172 cm³/mol. The highest BCUT2D eigenvalue weighted by molar-refractivity contribution is 7.98. The van der Waals surface area contributed by atoms with Gasteiger partial charge in [-0.25, -0.2) is 9.97 Å². The third-order valence-electron chi connectivity index (χ3n) is 8.95. The Morgan fingerprint density at radius 3 is 1.10 bits per heavy atom. The maximum atomic E-state index is 5.21.